The minimum absolute atomic E-state index is 0.865. The molecule has 0 atom stereocenters. The number of para-hydroxylation sites is 1. The average molecular weight is 215 g/mol. The Balaban J connectivity index is 2.08. The van der Waals surface area contributed by atoms with Crippen molar-refractivity contribution in [1.29, 1.82) is 0 Å². The van der Waals surface area contributed by atoms with E-state index in [1.165, 1.54) is 11.3 Å². The molecule has 0 aliphatic rings. The lowest BCUT2D eigenvalue weighted by Gasteiger charge is -2.06. The van der Waals surface area contributed by atoms with E-state index >= 15 is 0 Å². The maximum absolute atomic E-state index is 5.90. The summed E-state index contributed by atoms with van der Waals surface area (Å²) in [6.07, 6.45) is 0.925. The summed E-state index contributed by atoms with van der Waals surface area (Å²) in [4.78, 5) is 0. The van der Waals surface area contributed by atoms with Gasteiger partial charge in [0, 0.05) is 17.9 Å². The molecule has 2 N–H and O–H groups in total. The number of rotatable bonds is 3. The molecule has 84 valence electrons. The van der Waals surface area contributed by atoms with Crippen molar-refractivity contribution in [2.75, 3.05) is 5.73 Å². The number of nitrogens with two attached hydrogens (primary N) is 1. The van der Waals surface area contributed by atoms with E-state index in [1.54, 1.807) is 0 Å². The fraction of sp³-hybridized carbons (Fsp3) is 0.308. The van der Waals surface area contributed by atoms with Crippen LogP contribution in [0.25, 0.3) is 0 Å². The van der Waals surface area contributed by atoms with Gasteiger partial charge in [-0.3, -0.25) is 4.68 Å². The van der Waals surface area contributed by atoms with Gasteiger partial charge < -0.3 is 5.73 Å². The lowest BCUT2D eigenvalue weighted by Crippen LogP contribution is -2.06. The fourth-order valence-corrected chi connectivity index (χ4v) is 1.89. The Morgan fingerprint density at radius 3 is 2.62 bits per heavy atom. The van der Waals surface area contributed by atoms with Gasteiger partial charge in [0.2, 0.25) is 0 Å². The SMILES string of the molecule is Cc1cc(C)n(CCc2ccccc2N)n1. The van der Waals surface area contributed by atoms with Crippen molar-refractivity contribution in [2.45, 2.75) is 26.8 Å². The number of nitrogen functional groups attached to an aromatic ring is 1. The van der Waals surface area contributed by atoms with Crippen LogP contribution < -0.4 is 5.73 Å². The molecule has 0 fully saturated rings. The summed E-state index contributed by atoms with van der Waals surface area (Å²) in [6, 6.07) is 10.1. The topological polar surface area (TPSA) is 43.8 Å². The second-order valence-corrected chi connectivity index (χ2v) is 4.10. The molecule has 3 nitrogen and oxygen atoms in total. The molecule has 0 bridgehead atoms. The Morgan fingerprint density at radius 2 is 2.00 bits per heavy atom. The Bertz CT molecular complexity index is 486. The molecule has 0 spiro atoms. The molecule has 16 heavy (non-hydrogen) atoms. The number of aryl methyl sites for hydroxylation is 4. The van der Waals surface area contributed by atoms with E-state index in [4.69, 9.17) is 5.73 Å². The lowest BCUT2D eigenvalue weighted by atomic mass is 10.1. The standard InChI is InChI=1S/C13H17N3/c1-10-9-11(2)16(15-10)8-7-12-5-3-4-6-13(12)14/h3-6,9H,7-8,14H2,1-2H3. The first-order valence-electron chi connectivity index (χ1n) is 5.51. The Labute approximate surface area is 95.9 Å². The minimum Gasteiger partial charge on any atom is -0.399 e. The van der Waals surface area contributed by atoms with Crippen LogP contribution in [-0.2, 0) is 13.0 Å². The second kappa shape index (κ2) is 4.39. The number of aromatic nitrogens is 2. The van der Waals surface area contributed by atoms with Crippen molar-refractivity contribution >= 4 is 5.69 Å². The third-order valence-electron chi connectivity index (χ3n) is 2.75. The van der Waals surface area contributed by atoms with Crippen molar-refractivity contribution in [3.8, 4) is 0 Å². The summed E-state index contributed by atoms with van der Waals surface area (Å²) in [5.41, 5.74) is 10.2. The number of anilines is 1. The summed E-state index contributed by atoms with van der Waals surface area (Å²) in [7, 11) is 0. The fourth-order valence-electron chi connectivity index (χ4n) is 1.89. The molecule has 1 heterocycles. The number of hydrogen-bond donors (Lipinski definition) is 1. The zero-order valence-corrected chi connectivity index (χ0v) is 9.77. The highest BCUT2D eigenvalue weighted by Gasteiger charge is 2.02. The van der Waals surface area contributed by atoms with Gasteiger partial charge in [0.15, 0.2) is 0 Å². The maximum atomic E-state index is 5.90. The normalized spacial score (nSPS) is 10.6. The maximum Gasteiger partial charge on any atom is 0.0596 e. The van der Waals surface area contributed by atoms with Gasteiger partial charge in [-0.25, -0.2) is 0 Å². The van der Waals surface area contributed by atoms with E-state index < -0.39 is 0 Å². The van der Waals surface area contributed by atoms with Gasteiger partial charge in [-0.1, -0.05) is 18.2 Å². The highest BCUT2D eigenvalue weighted by atomic mass is 15.3. The first-order valence-corrected chi connectivity index (χ1v) is 5.51. The van der Waals surface area contributed by atoms with E-state index in [0.717, 1.165) is 24.3 Å². The van der Waals surface area contributed by atoms with Gasteiger partial charge in [-0.15, -0.1) is 0 Å². The van der Waals surface area contributed by atoms with Crippen LogP contribution in [0.15, 0.2) is 30.3 Å². The molecule has 2 aromatic rings. The van der Waals surface area contributed by atoms with Crippen LogP contribution in [0.1, 0.15) is 17.0 Å². The smallest absolute Gasteiger partial charge is 0.0596 e. The van der Waals surface area contributed by atoms with E-state index in [-0.39, 0.29) is 0 Å². The molecule has 0 amide bonds. The van der Waals surface area contributed by atoms with Crippen LogP contribution >= 0.6 is 0 Å². The van der Waals surface area contributed by atoms with Crippen LogP contribution in [0.2, 0.25) is 0 Å². The van der Waals surface area contributed by atoms with Crippen molar-refractivity contribution in [1.82, 2.24) is 9.78 Å². The largest absolute Gasteiger partial charge is 0.399 e. The van der Waals surface area contributed by atoms with E-state index in [9.17, 15) is 0 Å². The summed E-state index contributed by atoms with van der Waals surface area (Å²) in [6.45, 7) is 4.97. The van der Waals surface area contributed by atoms with Crippen molar-refractivity contribution < 1.29 is 0 Å². The quantitative estimate of drug-likeness (QED) is 0.798. The molecule has 0 unspecified atom stereocenters. The Morgan fingerprint density at radius 1 is 1.25 bits per heavy atom. The van der Waals surface area contributed by atoms with Crippen LogP contribution in [-0.4, -0.2) is 9.78 Å². The first kappa shape index (κ1) is 10.7. The van der Waals surface area contributed by atoms with Gasteiger partial charge in [0.25, 0.3) is 0 Å². The van der Waals surface area contributed by atoms with Crippen molar-refractivity contribution in [3.63, 3.8) is 0 Å². The monoisotopic (exact) mass is 215 g/mol. The predicted octanol–water partition coefficient (Wildman–Crippen LogP) is 2.32. The molecule has 0 radical (unpaired) electrons. The molecule has 1 aromatic heterocycles. The highest BCUT2D eigenvalue weighted by molar-refractivity contribution is 5.46. The molecule has 1 aromatic carbocycles. The highest BCUT2D eigenvalue weighted by Crippen LogP contribution is 2.12. The van der Waals surface area contributed by atoms with Crippen LogP contribution in [0, 0.1) is 13.8 Å². The lowest BCUT2D eigenvalue weighted by molar-refractivity contribution is 0.595. The van der Waals surface area contributed by atoms with E-state index in [0.29, 0.717) is 0 Å². The summed E-state index contributed by atoms with van der Waals surface area (Å²) in [5, 5.41) is 4.43. The van der Waals surface area contributed by atoms with E-state index in [2.05, 4.69) is 24.2 Å². The molecule has 2 rings (SSSR count). The summed E-state index contributed by atoms with van der Waals surface area (Å²) in [5.74, 6) is 0. The van der Waals surface area contributed by atoms with Gasteiger partial charge in [0.05, 0.1) is 5.69 Å². The Kier molecular flexibility index (Phi) is 2.95. The van der Waals surface area contributed by atoms with Gasteiger partial charge in [-0.05, 0) is 38.0 Å². The predicted molar refractivity (Wildman–Crippen MR) is 66.3 cm³/mol. The number of hydrogen-bond acceptors (Lipinski definition) is 2. The summed E-state index contributed by atoms with van der Waals surface area (Å²) >= 11 is 0. The zero-order valence-electron chi connectivity index (χ0n) is 9.77. The second-order valence-electron chi connectivity index (χ2n) is 4.10. The van der Waals surface area contributed by atoms with Crippen LogP contribution in [0.4, 0.5) is 5.69 Å². The van der Waals surface area contributed by atoms with Crippen LogP contribution in [0.3, 0.4) is 0 Å². The third kappa shape index (κ3) is 2.24. The van der Waals surface area contributed by atoms with Crippen molar-refractivity contribution in [2.24, 2.45) is 0 Å². The van der Waals surface area contributed by atoms with Gasteiger partial charge in [0.1, 0.15) is 0 Å². The molecule has 3 heteroatoms. The molecular weight excluding hydrogens is 198 g/mol. The summed E-state index contributed by atoms with van der Waals surface area (Å²) < 4.78 is 2.03. The number of benzene rings is 1. The number of nitrogens with zero attached hydrogens (tertiary/aromatic N) is 2. The molecule has 0 saturated heterocycles. The molecular formula is C13H17N3. The molecule has 0 aliphatic heterocycles. The minimum atomic E-state index is 0.865. The van der Waals surface area contributed by atoms with Gasteiger partial charge in [-0.2, -0.15) is 5.10 Å². The zero-order chi connectivity index (χ0) is 11.5. The van der Waals surface area contributed by atoms with Crippen molar-refractivity contribution in [3.05, 3.63) is 47.3 Å². The first-order chi connectivity index (χ1) is 7.66. The van der Waals surface area contributed by atoms with Gasteiger partial charge >= 0.3 is 0 Å². The van der Waals surface area contributed by atoms with E-state index in [1.807, 2.05) is 29.8 Å². The third-order valence-corrected chi connectivity index (χ3v) is 2.75. The van der Waals surface area contributed by atoms with Crippen LogP contribution in [0.5, 0.6) is 0 Å². The average Bonchev–Trinajstić information content (AvgIpc) is 2.56. The molecule has 0 saturated carbocycles. The molecule has 0 aliphatic carbocycles. The Hall–Kier alpha value is -1.77.